The Balaban J connectivity index is 2.43. The number of hydrogen-bond donors (Lipinski definition) is 4. The Morgan fingerprint density at radius 1 is 1.19 bits per heavy atom. The molecule has 2 rings (SSSR count). The lowest BCUT2D eigenvalue weighted by Gasteiger charge is -2.31. The van der Waals surface area contributed by atoms with Gasteiger partial charge in [-0.3, -0.25) is 9.59 Å². The van der Waals surface area contributed by atoms with Gasteiger partial charge in [0, 0.05) is 33.2 Å². The minimum atomic E-state index is -0.275. The minimum absolute atomic E-state index is 0.195. The summed E-state index contributed by atoms with van der Waals surface area (Å²) in [5.74, 6) is -0.550. The predicted molar refractivity (Wildman–Crippen MR) is 84.9 cm³/mol. The van der Waals surface area contributed by atoms with Crippen LogP contribution in [0.15, 0.2) is 0 Å². The highest BCUT2D eigenvalue weighted by atomic mass is 32.1. The Morgan fingerprint density at radius 2 is 1.76 bits per heavy atom. The molecule has 0 bridgehead atoms. The molecule has 116 valence electrons. The second-order valence-corrected chi connectivity index (χ2v) is 6.01. The molecule has 0 saturated carbocycles. The molecule has 6 N–H and O–H groups in total. The van der Waals surface area contributed by atoms with Gasteiger partial charge in [0.2, 0.25) is 0 Å². The summed E-state index contributed by atoms with van der Waals surface area (Å²) in [6, 6.07) is 0.195. The third kappa shape index (κ3) is 2.96. The summed E-state index contributed by atoms with van der Waals surface area (Å²) in [6.07, 6.45) is 1.72. The van der Waals surface area contributed by atoms with Gasteiger partial charge in [0.05, 0.1) is 11.3 Å². The van der Waals surface area contributed by atoms with Gasteiger partial charge >= 0.3 is 0 Å². The van der Waals surface area contributed by atoms with Crippen LogP contribution in [-0.2, 0) is 0 Å². The van der Waals surface area contributed by atoms with E-state index < -0.39 is 0 Å². The van der Waals surface area contributed by atoms with E-state index in [1.54, 1.807) is 14.1 Å². The molecule has 8 heteroatoms. The molecule has 2 heterocycles. The minimum Gasteiger partial charge on any atom is -0.397 e. The van der Waals surface area contributed by atoms with Gasteiger partial charge in [-0.15, -0.1) is 11.3 Å². The van der Waals surface area contributed by atoms with E-state index in [9.17, 15) is 9.59 Å². The first kappa shape index (κ1) is 15.6. The van der Waals surface area contributed by atoms with Crippen molar-refractivity contribution in [1.82, 2.24) is 10.6 Å². The molecule has 21 heavy (non-hydrogen) atoms. The SMILES string of the molecule is CNC(=O)c1sc(N2CCC(N)CC2)c(C(=O)NC)c1N. The number of piperidine rings is 1. The fourth-order valence-corrected chi connectivity index (χ4v) is 3.60. The first-order chi connectivity index (χ1) is 9.99. The molecular weight excluding hydrogens is 290 g/mol. The maximum Gasteiger partial charge on any atom is 0.263 e. The maximum atomic E-state index is 12.1. The standard InChI is InChI=1S/C13H21N5O2S/c1-16-11(19)8-9(15)10(12(20)17-2)21-13(8)18-5-3-7(14)4-6-18/h7H,3-6,14-15H2,1-2H3,(H,16,19)(H,17,20). The smallest absolute Gasteiger partial charge is 0.263 e. The molecule has 7 nitrogen and oxygen atoms in total. The Bertz CT molecular complexity index is 549. The molecule has 0 atom stereocenters. The predicted octanol–water partition coefficient (Wildman–Crippen LogP) is -0.0230. The van der Waals surface area contributed by atoms with Gasteiger partial charge in [0.15, 0.2) is 0 Å². The van der Waals surface area contributed by atoms with E-state index in [-0.39, 0.29) is 23.5 Å². The van der Waals surface area contributed by atoms with Gasteiger partial charge in [-0.1, -0.05) is 0 Å². The van der Waals surface area contributed by atoms with Crippen molar-refractivity contribution < 1.29 is 9.59 Å². The van der Waals surface area contributed by atoms with E-state index in [0.29, 0.717) is 10.4 Å². The molecule has 0 aromatic carbocycles. The van der Waals surface area contributed by atoms with E-state index in [4.69, 9.17) is 11.5 Å². The molecule has 1 aliphatic heterocycles. The highest BCUT2D eigenvalue weighted by Gasteiger charge is 2.29. The molecule has 0 unspecified atom stereocenters. The van der Waals surface area contributed by atoms with Gasteiger partial charge < -0.3 is 27.0 Å². The summed E-state index contributed by atoms with van der Waals surface area (Å²) >= 11 is 1.26. The quantitative estimate of drug-likeness (QED) is 0.626. The lowest BCUT2D eigenvalue weighted by Crippen LogP contribution is -2.40. The van der Waals surface area contributed by atoms with Crippen molar-refractivity contribution in [2.24, 2.45) is 5.73 Å². The number of hydrogen-bond acceptors (Lipinski definition) is 6. The molecule has 1 fully saturated rings. The summed E-state index contributed by atoms with van der Waals surface area (Å²) in [4.78, 5) is 26.5. The number of amides is 2. The first-order valence-corrected chi connectivity index (χ1v) is 7.68. The van der Waals surface area contributed by atoms with Gasteiger partial charge in [0.1, 0.15) is 9.88 Å². The Hall–Kier alpha value is -1.80. The van der Waals surface area contributed by atoms with Crippen molar-refractivity contribution in [3.63, 3.8) is 0 Å². The van der Waals surface area contributed by atoms with Crippen molar-refractivity contribution >= 4 is 33.8 Å². The van der Waals surface area contributed by atoms with Crippen LogP contribution in [-0.4, -0.2) is 45.0 Å². The molecule has 1 aliphatic rings. The second-order valence-electron chi connectivity index (χ2n) is 5.01. The van der Waals surface area contributed by atoms with Gasteiger partial charge in [-0.05, 0) is 12.8 Å². The Labute approximate surface area is 127 Å². The number of anilines is 2. The zero-order valence-corrected chi connectivity index (χ0v) is 13.0. The van der Waals surface area contributed by atoms with E-state index >= 15 is 0 Å². The van der Waals surface area contributed by atoms with E-state index in [1.807, 2.05) is 0 Å². The average molecular weight is 311 g/mol. The second kappa shape index (κ2) is 6.31. The van der Waals surface area contributed by atoms with Crippen LogP contribution in [0.5, 0.6) is 0 Å². The lowest BCUT2D eigenvalue weighted by atomic mass is 10.1. The van der Waals surface area contributed by atoms with Crippen molar-refractivity contribution in [1.29, 1.82) is 0 Å². The number of nitrogens with two attached hydrogens (primary N) is 2. The monoisotopic (exact) mass is 311 g/mol. The number of nitrogens with zero attached hydrogens (tertiary/aromatic N) is 1. The number of nitrogen functional groups attached to an aromatic ring is 1. The summed E-state index contributed by atoms with van der Waals surface area (Å²) in [5.41, 5.74) is 12.6. The van der Waals surface area contributed by atoms with E-state index in [2.05, 4.69) is 15.5 Å². The molecular formula is C13H21N5O2S. The maximum absolute atomic E-state index is 12.1. The third-order valence-electron chi connectivity index (χ3n) is 3.64. The van der Waals surface area contributed by atoms with Crippen molar-refractivity contribution in [2.75, 3.05) is 37.8 Å². The van der Waals surface area contributed by atoms with Crippen LogP contribution < -0.4 is 27.0 Å². The largest absolute Gasteiger partial charge is 0.397 e. The highest BCUT2D eigenvalue weighted by molar-refractivity contribution is 7.19. The Morgan fingerprint density at radius 3 is 2.29 bits per heavy atom. The topological polar surface area (TPSA) is 113 Å². The van der Waals surface area contributed by atoms with Gasteiger partial charge in [0.25, 0.3) is 11.8 Å². The number of nitrogens with one attached hydrogen (secondary N) is 2. The molecule has 1 saturated heterocycles. The number of thiophene rings is 1. The van der Waals surface area contributed by atoms with Crippen LogP contribution in [0.2, 0.25) is 0 Å². The molecule has 1 aromatic rings. The summed E-state index contributed by atoms with van der Waals surface area (Å²) in [5, 5.41) is 5.88. The van der Waals surface area contributed by atoms with Crippen molar-refractivity contribution in [2.45, 2.75) is 18.9 Å². The van der Waals surface area contributed by atoms with Crippen LogP contribution in [0.25, 0.3) is 0 Å². The number of rotatable bonds is 3. The summed E-state index contributed by atoms with van der Waals surface area (Å²) in [6.45, 7) is 1.52. The number of carbonyl (C=O) groups is 2. The molecule has 0 aliphatic carbocycles. The van der Waals surface area contributed by atoms with E-state index in [0.717, 1.165) is 30.9 Å². The normalized spacial score (nSPS) is 15.9. The molecule has 0 spiro atoms. The molecule has 0 radical (unpaired) electrons. The fourth-order valence-electron chi connectivity index (χ4n) is 2.38. The van der Waals surface area contributed by atoms with Crippen molar-refractivity contribution in [3.05, 3.63) is 10.4 Å². The van der Waals surface area contributed by atoms with E-state index in [1.165, 1.54) is 11.3 Å². The van der Waals surface area contributed by atoms with Crippen LogP contribution in [0.3, 0.4) is 0 Å². The van der Waals surface area contributed by atoms with Crippen LogP contribution in [0.4, 0.5) is 10.7 Å². The zero-order valence-electron chi connectivity index (χ0n) is 12.2. The van der Waals surface area contributed by atoms with Crippen molar-refractivity contribution in [3.8, 4) is 0 Å². The van der Waals surface area contributed by atoms with Crippen LogP contribution in [0.1, 0.15) is 32.9 Å². The Kier molecular flexibility index (Phi) is 4.69. The summed E-state index contributed by atoms with van der Waals surface area (Å²) in [7, 11) is 3.09. The molecule has 2 amide bonds. The van der Waals surface area contributed by atoms with Crippen LogP contribution >= 0.6 is 11.3 Å². The van der Waals surface area contributed by atoms with Gasteiger partial charge in [-0.25, -0.2) is 0 Å². The van der Waals surface area contributed by atoms with Gasteiger partial charge in [-0.2, -0.15) is 0 Å². The summed E-state index contributed by atoms with van der Waals surface area (Å²) < 4.78 is 0. The first-order valence-electron chi connectivity index (χ1n) is 6.86. The average Bonchev–Trinajstić information content (AvgIpc) is 2.84. The number of carbonyl (C=O) groups excluding carboxylic acids is 2. The molecule has 1 aromatic heterocycles. The zero-order chi connectivity index (χ0) is 15.6. The highest BCUT2D eigenvalue weighted by Crippen LogP contribution is 2.39. The fraction of sp³-hybridized carbons (Fsp3) is 0.538. The van der Waals surface area contributed by atoms with Crippen LogP contribution in [0, 0.1) is 0 Å². The third-order valence-corrected chi connectivity index (χ3v) is 4.91. The lowest BCUT2D eigenvalue weighted by molar-refractivity contribution is 0.0962.